The van der Waals surface area contributed by atoms with Crippen LogP contribution in [0.5, 0.6) is 0 Å². The number of rotatable bonds is 7. The predicted octanol–water partition coefficient (Wildman–Crippen LogP) is 1.16. The van der Waals surface area contributed by atoms with Gasteiger partial charge in [-0.25, -0.2) is 0 Å². The average Bonchev–Trinajstić information content (AvgIpc) is 2.43. The molecular weight excluding hydrogens is 306 g/mol. The first-order chi connectivity index (χ1) is 10.4. The van der Waals surface area contributed by atoms with Crippen LogP contribution in [-0.2, 0) is 14.4 Å². The summed E-state index contributed by atoms with van der Waals surface area (Å²) in [7, 11) is 0. The lowest BCUT2D eigenvalue weighted by atomic mass is 10.0. The summed E-state index contributed by atoms with van der Waals surface area (Å²) in [6, 6.07) is 6.54. The number of carbonyl (C=O) groups excluding carboxylic acids is 3. The normalized spacial score (nSPS) is 11.4. The molecule has 0 fully saturated rings. The molecule has 0 aliphatic heterocycles. The number of benzene rings is 1. The van der Waals surface area contributed by atoms with E-state index in [2.05, 4.69) is 16.0 Å². The third-order valence-corrected chi connectivity index (χ3v) is 3.11. The van der Waals surface area contributed by atoms with Gasteiger partial charge in [0, 0.05) is 32.0 Å². The molecule has 1 aromatic rings. The maximum absolute atomic E-state index is 11.9. The lowest BCUT2D eigenvalue weighted by Gasteiger charge is -2.18. The number of hydrogen-bond acceptors (Lipinski definition) is 3. The van der Waals surface area contributed by atoms with Gasteiger partial charge in [-0.2, -0.15) is 0 Å². The summed E-state index contributed by atoms with van der Waals surface area (Å²) in [6.07, 6.45) is 0.112. The Morgan fingerprint density at radius 2 is 1.59 bits per heavy atom. The van der Waals surface area contributed by atoms with E-state index in [4.69, 9.17) is 11.6 Å². The van der Waals surface area contributed by atoms with Gasteiger partial charge in [-0.05, 0) is 17.7 Å². The first-order valence-electron chi connectivity index (χ1n) is 6.92. The molecule has 1 atom stereocenters. The van der Waals surface area contributed by atoms with Crippen molar-refractivity contribution in [2.75, 3.05) is 13.1 Å². The highest BCUT2D eigenvalue weighted by Crippen LogP contribution is 2.19. The lowest BCUT2D eigenvalue weighted by molar-refractivity contribution is -0.123. The monoisotopic (exact) mass is 325 g/mol. The van der Waals surface area contributed by atoms with Gasteiger partial charge in [0.1, 0.15) is 0 Å². The van der Waals surface area contributed by atoms with Crippen molar-refractivity contribution in [1.82, 2.24) is 16.0 Å². The lowest BCUT2D eigenvalue weighted by Crippen LogP contribution is -2.36. The Morgan fingerprint density at radius 3 is 2.14 bits per heavy atom. The van der Waals surface area contributed by atoms with Crippen LogP contribution in [0.1, 0.15) is 31.9 Å². The van der Waals surface area contributed by atoms with Crippen molar-refractivity contribution in [3.63, 3.8) is 0 Å². The molecule has 1 unspecified atom stereocenters. The Kier molecular flexibility index (Phi) is 7.39. The molecule has 1 rings (SSSR count). The molecule has 1 aromatic carbocycles. The second-order valence-corrected chi connectivity index (χ2v) is 5.28. The average molecular weight is 326 g/mol. The Balaban J connectivity index is 2.57. The molecule has 3 amide bonds. The van der Waals surface area contributed by atoms with Crippen LogP contribution < -0.4 is 16.0 Å². The second-order valence-electron chi connectivity index (χ2n) is 4.84. The van der Waals surface area contributed by atoms with Crippen molar-refractivity contribution in [3.05, 3.63) is 34.9 Å². The zero-order chi connectivity index (χ0) is 16.5. The minimum absolute atomic E-state index is 0.112. The molecule has 0 bridgehead atoms. The van der Waals surface area contributed by atoms with Crippen LogP contribution in [0.2, 0.25) is 5.02 Å². The standard InChI is InChI=1S/C15H20ClN3O3/c1-10(20)17-7-8-18-15(22)9-14(19-11(2)21)12-3-5-13(16)6-4-12/h3-6,14H,7-9H2,1-2H3,(H,17,20)(H,18,22)(H,19,21). The zero-order valence-electron chi connectivity index (χ0n) is 12.6. The van der Waals surface area contributed by atoms with Gasteiger partial charge in [-0.15, -0.1) is 0 Å². The first kappa shape index (κ1) is 18.0. The van der Waals surface area contributed by atoms with Gasteiger partial charge in [0.05, 0.1) is 12.5 Å². The molecule has 0 aromatic heterocycles. The van der Waals surface area contributed by atoms with E-state index in [0.29, 0.717) is 18.1 Å². The third-order valence-electron chi connectivity index (χ3n) is 2.86. The summed E-state index contributed by atoms with van der Waals surface area (Å²) in [5.74, 6) is -0.573. The van der Waals surface area contributed by atoms with Gasteiger partial charge in [-0.1, -0.05) is 23.7 Å². The topological polar surface area (TPSA) is 87.3 Å². The highest BCUT2D eigenvalue weighted by molar-refractivity contribution is 6.30. The van der Waals surface area contributed by atoms with E-state index in [1.165, 1.54) is 13.8 Å². The van der Waals surface area contributed by atoms with E-state index in [1.54, 1.807) is 24.3 Å². The van der Waals surface area contributed by atoms with Crippen LogP contribution in [0.3, 0.4) is 0 Å². The minimum Gasteiger partial charge on any atom is -0.355 e. The van der Waals surface area contributed by atoms with Crippen molar-refractivity contribution in [3.8, 4) is 0 Å². The molecule has 0 radical (unpaired) electrons. The van der Waals surface area contributed by atoms with Crippen LogP contribution >= 0.6 is 11.6 Å². The predicted molar refractivity (Wildman–Crippen MR) is 84.3 cm³/mol. The summed E-state index contributed by atoms with van der Waals surface area (Å²) in [6.45, 7) is 3.52. The minimum atomic E-state index is -0.421. The van der Waals surface area contributed by atoms with E-state index in [9.17, 15) is 14.4 Å². The van der Waals surface area contributed by atoms with Crippen molar-refractivity contribution in [2.24, 2.45) is 0 Å². The van der Waals surface area contributed by atoms with Gasteiger partial charge in [0.2, 0.25) is 17.7 Å². The molecular formula is C15H20ClN3O3. The van der Waals surface area contributed by atoms with E-state index in [-0.39, 0.29) is 24.1 Å². The van der Waals surface area contributed by atoms with Gasteiger partial charge in [0.15, 0.2) is 0 Å². The molecule has 7 heteroatoms. The fourth-order valence-electron chi connectivity index (χ4n) is 1.89. The molecule has 0 heterocycles. The highest BCUT2D eigenvalue weighted by Gasteiger charge is 2.16. The van der Waals surface area contributed by atoms with Gasteiger partial charge in [-0.3, -0.25) is 14.4 Å². The Bertz CT molecular complexity index is 531. The molecule has 6 nitrogen and oxygen atoms in total. The molecule has 22 heavy (non-hydrogen) atoms. The fourth-order valence-corrected chi connectivity index (χ4v) is 2.02. The Labute approximate surface area is 134 Å². The quantitative estimate of drug-likeness (QED) is 0.657. The maximum Gasteiger partial charge on any atom is 0.222 e. The largest absolute Gasteiger partial charge is 0.355 e. The molecule has 3 N–H and O–H groups in total. The third kappa shape index (κ3) is 7.08. The summed E-state index contributed by atoms with van der Waals surface area (Å²) in [5, 5.41) is 8.61. The molecule has 120 valence electrons. The van der Waals surface area contributed by atoms with Crippen LogP contribution in [-0.4, -0.2) is 30.8 Å². The van der Waals surface area contributed by atoms with Crippen molar-refractivity contribution in [2.45, 2.75) is 26.3 Å². The highest BCUT2D eigenvalue weighted by atomic mass is 35.5. The zero-order valence-corrected chi connectivity index (χ0v) is 13.4. The van der Waals surface area contributed by atoms with E-state index >= 15 is 0 Å². The maximum atomic E-state index is 11.9. The van der Waals surface area contributed by atoms with Gasteiger partial charge >= 0.3 is 0 Å². The SMILES string of the molecule is CC(=O)NCCNC(=O)CC(NC(C)=O)c1ccc(Cl)cc1. The Morgan fingerprint density at radius 1 is 1.00 bits per heavy atom. The number of hydrogen-bond donors (Lipinski definition) is 3. The summed E-state index contributed by atoms with van der Waals surface area (Å²) < 4.78 is 0. The van der Waals surface area contributed by atoms with E-state index in [0.717, 1.165) is 5.56 Å². The number of halogens is 1. The molecule has 0 saturated heterocycles. The second kappa shape index (κ2) is 9.04. The van der Waals surface area contributed by atoms with Crippen LogP contribution in [0.4, 0.5) is 0 Å². The smallest absolute Gasteiger partial charge is 0.222 e. The van der Waals surface area contributed by atoms with E-state index < -0.39 is 6.04 Å². The summed E-state index contributed by atoms with van der Waals surface area (Å²) >= 11 is 5.84. The van der Waals surface area contributed by atoms with Crippen molar-refractivity contribution < 1.29 is 14.4 Å². The number of nitrogens with one attached hydrogen (secondary N) is 3. The molecule has 0 aliphatic carbocycles. The molecule has 0 aliphatic rings. The van der Waals surface area contributed by atoms with Crippen molar-refractivity contribution in [1.29, 1.82) is 0 Å². The first-order valence-corrected chi connectivity index (χ1v) is 7.30. The fraction of sp³-hybridized carbons (Fsp3) is 0.400. The summed E-state index contributed by atoms with van der Waals surface area (Å²) in [4.78, 5) is 33.9. The van der Waals surface area contributed by atoms with Crippen LogP contribution in [0.15, 0.2) is 24.3 Å². The van der Waals surface area contributed by atoms with Crippen LogP contribution in [0.25, 0.3) is 0 Å². The number of amides is 3. The molecule has 0 spiro atoms. The Hall–Kier alpha value is -2.08. The van der Waals surface area contributed by atoms with Crippen molar-refractivity contribution >= 4 is 29.3 Å². The summed E-state index contributed by atoms with van der Waals surface area (Å²) in [5.41, 5.74) is 0.802. The van der Waals surface area contributed by atoms with Crippen LogP contribution in [0, 0.1) is 0 Å². The van der Waals surface area contributed by atoms with E-state index in [1.807, 2.05) is 0 Å². The molecule has 0 saturated carbocycles. The number of carbonyl (C=O) groups is 3. The van der Waals surface area contributed by atoms with Gasteiger partial charge in [0.25, 0.3) is 0 Å². The van der Waals surface area contributed by atoms with Gasteiger partial charge < -0.3 is 16.0 Å².